The first kappa shape index (κ1) is 15.6. The summed E-state index contributed by atoms with van der Waals surface area (Å²) in [6.45, 7) is 7.89. The molecular formula is C19H26O4. The highest BCUT2D eigenvalue weighted by Gasteiger charge is 2.73. The zero-order chi connectivity index (χ0) is 16.9. The van der Waals surface area contributed by atoms with Crippen LogP contribution in [0.5, 0.6) is 0 Å². The molecule has 4 rings (SSSR count). The van der Waals surface area contributed by atoms with Crippen molar-refractivity contribution in [2.45, 2.75) is 58.3 Å². The summed E-state index contributed by atoms with van der Waals surface area (Å²) in [6.07, 6.45) is 2.53. The smallest absolute Gasteiger partial charge is 0.153 e. The Kier molecular flexibility index (Phi) is 2.81. The Morgan fingerprint density at radius 2 is 1.74 bits per heavy atom. The molecule has 2 fully saturated rings. The second kappa shape index (κ2) is 4.16. The number of hydrogen-bond acceptors (Lipinski definition) is 4. The Balaban J connectivity index is 1.95. The molecule has 0 saturated heterocycles. The Morgan fingerprint density at radius 3 is 2.39 bits per heavy atom. The molecule has 2 bridgehead atoms. The lowest BCUT2D eigenvalue weighted by Crippen LogP contribution is -2.62. The van der Waals surface area contributed by atoms with E-state index in [2.05, 4.69) is 13.8 Å². The first-order valence-corrected chi connectivity index (χ1v) is 8.59. The van der Waals surface area contributed by atoms with E-state index in [1.165, 1.54) is 0 Å². The van der Waals surface area contributed by atoms with Crippen molar-refractivity contribution in [2.75, 3.05) is 0 Å². The van der Waals surface area contributed by atoms with Gasteiger partial charge in [-0.25, -0.2) is 0 Å². The minimum atomic E-state index is -1.84. The molecule has 4 aliphatic carbocycles. The van der Waals surface area contributed by atoms with Crippen LogP contribution < -0.4 is 0 Å². The number of aliphatic hydroxyl groups is 3. The molecule has 0 aliphatic heterocycles. The van der Waals surface area contributed by atoms with Crippen molar-refractivity contribution in [3.05, 3.63) is 23.3 Å². The van der Waals surface area contributed by atoms with E-state index in [4.69, 9.17) is 0 Å². The maximum Gasteiger partial charge on any atom is 0.153 e. The number of hydrogen-bond donors (Lipinski definition) is 3. The Bertz CT molecular complexity index is 660. The van der Waals surface area contributed by atoms with Gasteiger partial charge in [0.2, 0.25) is 0 Å². The lowest BCUT2D eigenvalue weighted by molar-refractivity contribution is -0.180. The summed E-state index contributed by atoms with van der Waals surface area (Å²) in [7, 11) is 0. The van der Waals surface area contributed by atoms with Crippen LogP contribution in [0.1, 0.15) is 40.5 Å². The maximum absolute atomic E-state index is 13.5. The van der Waals surface area contributed by atoms with Crippen molar-refractivity contribution in [2.24, 2.45) is 28.6 Å². The molecule has 0 amide bonds. The van der Waals surface area contributed by atoms with Gasteiger partial charge in [-0.05, 0) is 55.1 Å². The van der Waals surface area contributed by atoms with Crippen LogP contribution in [-0.2, 0) is 4.79 Å². The number of carbonyl (C=O) groups excluding carboxylic acids is 1. The third-order valence-corrected chi connectivity index (χ3v) is 7.45. The van der Waals surface area contributed by atoms with Crippen molar-refractivity contribution in [1.29, 1.82) is 0 Å². The van der Waals surface area contributed by atoms with Gasteiger partial charge in [-0.3, -0.25) is 4.79 Å². The third-order valence-electron chi connectivity index (χ3n) is 7.45. The fourth-order valence-corrected chi connectivity index (χ4v) is 6.03. The predicted octanol–water partition coefficient (Wildman–Crippen LogP) is 1.60. The summed E-state index contributed by atoms with van der Waals surface area (Å²) in [5, 5.41) is 32.8. The van der Waals surface area contributed by atoms with Gasteiger partial charge in [-0.15, -0.1) is 0 Å². The van der Waals surface area contributed by atoms with E-state index in [9.17, 15) is 20.1 Å². The van der Waals surface area contributed by atoms with Crippen LogP contribution in [0.4, 0.5) is 0 Å². The molecule has 126 valence electrons. The van der Waals surface area contributed by atoms with E-state index in [-0.39, 0.29) is 23.0 Å². The average Bonchev–Trinajstić information content (AvgIpc) is 3.02. The minimum Gasteiger partial charge on any atom is -0.386 e. The Labute approximate surface area is 136 Å². The molecule has 4 aliphatic rings. The number of ketones is 1. The highest BCUT2D eigenvalue weighted by molar-refractivity contribution is 5.94. The second-order valence-electron chi connectivity index (χ2n) is 8.78. The van der Waals surface area contributed by atoms with Crippen LogP contribution in [0.25, 0.3) is 0 Å². The van der Waals surface area contributed by atoms with Crippen LogP contribution in [0.3, 0.4) is 0 Å². The SMILES string of the molecule is CC1=C[C@@H]2C(=O)[C@]3(C=C(C)[C@H](O)[C@@]3(O)[C@@H]1O)CC[C@@H]1[C@H]2C1(C)C. The number of aliphatic hydroxyl groups excluding tert-OH is 2. The Hall–Kier alpha value is -0.970. The Morgan fingerprint density at radius 1 is 1.13 bits per heavy atom. The van der Waals surface area contributed by atoms with Gasteiger partial charge < -0.3 is 15.3 Å². The van der Waals surface area contributed by atoms with Gasteiger partial charge >= 0.3 is 0 Å². The fourth-order valence-electron chi connectivity index (χ4n) is 6.03. The molecule has 4 heteroatoms. The van der Waals surface area contributed by atoms with Crippen molar-refractivity contribution in [3.8, 4) is 0 Å². The van der Waals surface area contributed by atoms with Crippen LogP contribution >= 0.6 is 0 Å². The van der Waals surface area contributed by atoms with E-state index in [0.717, 1.165) is 6.42 Å². The molecule has 3 N–H and O–H groups in total. The van der Waals surface area contributed by atoms with Crippen molar-refractivity contribution in [1.82, 2.24) is 0 Å². The average molecular weight is 318 g/mol. The lowest BCUT2D eigenvalue weighted by Gasteiger charge is -2.45. The lowest BCUT2D eigenvalue weighted by atomic mass is 9.63. The molecule has 0 aromatic heterocycles. The molecule has 0 heterocycles. The van der Waals surface area contributed by atoms with Gasteiger partial charge in [0.05, 0.1) is 5.41 Å². The summed E-state index contributed by atoms with van der Waals surface area (Å²) in [5.74, 6) is 0.427. The molecule has 0 aromatic carbocycles. The van der Waals surface area contributed by atoms with Crippen LogP contribution in [0, 0.1) is 28.6 Å². The van der Waals surface area contributed by atoms with Crippen molar-refractivity contribution < 1.29 is 20.1 Å². The molecule has 7 atom stereocenters. The molecule has 0 aromatic rings. The maximum atomic E-state index is 13.5. The summed E-state index contributed by atoms with van der Waals surface area (Å²) in [4.78, 5) is 13.5. The standard InChI is InChI=1S/C19H26O4/c1-9-7-11-13-12(17(13,3)4)5-6-18(16(11)22)8-10(2)15(21)19(18,23)14(9)20/h7-8,11-15,20-21,23H,5-6H2,1-4H3/t11-,12+,13-,14+,15-,18+,19-/m0/s1. The van der Waals surface area contributed by atoms with E-state index in [1.807, 2.05) is 6.08 Å². The number of Topliss-reactive ketones (excluding diaryl/α,β-unsaturated/α-hetero) is 1. The molecular weight excluding hydrogens is 292 g/mol. The first-order valence-electron chi connectivity index (χ1n) is 8.59. The zero-order valence-electron chi connectivity index (χ0n) is 14.2. The number of carbonyl (C=O) groups is 1. The van der Waals surface area contributed by atoms with E-state index < -0.39 is 23.2 Å². The van der Waals surface area contributed by atoms with Crippen molar-refractivity contribution >= 4 is 5.78 Å². The molecule has 2 saturated carbocycles. The van der Waals surface area contributed by atoms with E-state index >= 15 is 0 Å². The number of rotatable bonds is 0. The summed E-state index contributed by atoms with van der Waals surface area (Å²) in [6, 6.07) is 0. The minimum absolute atomic E-state index is 0.0233. The van der Waals surface area contributed by atoms with Crippen LogP contribution in [0.2, 0.25) is 0 Å². The highest BCUT2D eigenvalue weighted by Crippen LogP contribution is 2.70. The topological polar surface area (TPSA) is 77.8 Å². The predicted molar refractivity (Wildman–Crippen MR) is 85.4 cm³/mol. The van der Waals surface area contributed by atoms with Gasteiger partial charge in [0, 0.05) is 5.92 Å². The zero-order valence-corrected chi connectivity index (χ0v) is 14.2. The van der Waals surface area contributed by atoms with Gasteiger partial charge in [0.25, 0.3) is 0 Å². The van der Waals surface area contributed by atoms with Crippen LogP contribution in [-0.4, -0.2) is 38.9 Å². The largest absolute Gasteiger partial charge is 0.386 e. The van der Waals surface area contributed by atoms with Gasteiger partial charge in [-0.1, -0.05) is 26.0 Å². The molecule has 0 radical (unpaired) electrons. The van der Waals surface area contributed by atoms with Gasteiger partial charge in [-0.2, -0.15) is 0 Å². The molecule has 4 nitrogen and oxygen atoms in total. The highest BCUT2D eigenvalue weighted by atomic mass is 16.4. The first-order chi connectivity index (χ1) is 10.6. The molecule has 0 unspecified atom stereocenters. The number of allylic oxidation sites excluding steroid dienone is 1. The molecule has 1 spiro atoms. The third kappa shape index (κ3) is 1.51. The van der Waals surface area contributed by atoms with Crippen molar-refractivity contribution in [3.63, 3.8) is 0 Å². The normalized spacial score (nSPS) is 53.5. The fraction of sp³-hybridized carbons (Fsp3) is 0.737. The molecule has 23 heavy (non-hydrogen) atoms. The summed E-state index contributed by atoms with van der Waals surface area (Å²) >= 11 is 0. The van der Waals surface area contributed by atoms with E-state index in [0.29, 0.717) is 23.5 Å². The quantitative estimate of drug-likeness (QED) is 0.593. The second-order valence-corrected chi connectivity index (χ2v) is 8.78. The summed E-state index contributed by atoms with van der Waals surface area (Å²) in [5.41, 5.74) is -1.70. The monoisotopic (exact) mass is 318 g/mol. The van der Waals surface area contributed by atoms with Crippen LogP contribution in [0.15, 0.2) is 23.3 Å². The van der Waals surface area contributed by atoms with E-state index in [1.54, 1.807) is 19.9 Å². The van der Waals surface area contributed by atoms with Gasteiger partial charge in [0.1, 0.15) is 17.8 Å². The number of fused-ring (bicyclic) bond motifs is 3. The van der Waals surface area contributed by atoms with Gasteiger partial charge in [0.15, 0.2) is 5.78 Å². The summed E-state index contributed by atoms with van der Waals surface area (Å²) < 4.78 is 0.